The Hall–Kier alpha value is -8.53. The highest BCUT2D eigenvalue weighted by Gasteiger charge is 2.43. The molecule has 2 aliphatic rings. The second-order valence-electron chi connectivity index (χ2n) is 23.4. The summed E-state index contributed by atoms with van der Waals surface area (Å²) in [4.78, 5) is 140. The van der Waals surface area contributed by atoms with Gasteiger partial charge < -0.3 is 89.8 Å². The van der Waals surface area contributed by atoms with Crippen molar-refractivity contribution < 1.29 is 63.3 Å². The van der Waals surface area contributed by atoms with Gasteiger partial charge in [0.15, 0.2) is 5.96 Å². The number of fused-ring (bicyclic) bond motifs is 1. The van der Waals surface area contributed by atoms with Crippen molar-refractivity contribution >= 4 is 76.1 Å². The minimum absolute atomic E-state index is 0.0290. The van der Waals surface area contributed by atoms with Crippen molar-refractivity contribution in [1.82, 2.24) is 63.1 Å². The van der Waals surface area contributed by atoms with Gasteiger partial charge in [-0.05, 0) is 86.6 Å². The summed E-state index contributed by atoms with van der Waals surface area (Å²) < 4.78 is 0. The first-order valence-electron chi connectivity index (χ1n) is 30.2. The first kappa shape index (κ1) is 70.2. The monoisotopic (exact) mass is 1230 g/mol. The number of aromatic nitrogens is 1. The number of hydrogen-bond donors (Lipinski definition) is 17. The minimum Gasteiger partial charge on any atom is -0.508 e. The minimum atomic E-state index is -1.73. The van der Waals surface area contributed by atoms with Crippen LogP contribution in [-0.4, -0.2) is 178 Å². The van der Waals surface area contributed by atoms with Gasteiger partial charge in [-0.15, -0.1) is 0 Å². The van der Waals surface area contributed by atoms with Gasteiger partial charge in [0, 0.05) is 82.4 Å². The van der Waals surface area contributed by atoms with Gasteiger partial charge in [0.2, 0.25) is 53.2 Å². The van der Waals surface area contributed by atoms with Crippen molar-refractivity contribution in [3.63, 3.8) is 0 Å². The van der Waals surface area contributed by atoms with Crippen molar-refractivity contribution in [2.24, 2.45) is 29.2 Å². The molecule has 1 aliphatic carbocycles. The maximum atomic E-state index is 14.2. The number of nitrogens with two attached hydrogens (primary N) is 2. The summed E-state index contributed by atoms with van der Waals surface area (Å²) in [7, 11) is 1.58. The number of primary amides is 2. The number of urea groups is 1. The van der Waals surface area contributed by atoms with E-state index in [1.54, 1.807) is 25.4 Å². The number of rotatable bonds is 33. The molecule has 3 aromatic rings. The number of hydrogen-bond acceptors (Lipinski definition) is 14. The van der Waals surface area contributed by atoms with Crippen LogP contribution in [0, 0.1) is 23.2 Å². The van der Waals surface area contributed by atoms with Crippen molar-refractivity contribution in [2.45, 2.75) is 172 Å². The van der Waals surface area contributed by atoms with Gasteiger partial charge >= 0.3 is 6.03 Å². The van der Waals surface area contributed by atoms with E-state index in [1.165, 1.54) is 26.0 Å². The lowest BCUT2D eigenvalue weighted by molar-refractivity contribution is -0.142. The van der Waals surface area contributed by atoms with Gasteiger partial charge in [0.05, 0.1) is 12.2 Å². The third kappa shape index (κ3) is 22.3. The zero-order chi connectivity index (χ0) is 64.6. The topological polar surface area (TPSA) is 447 Å². The SMILES string of the molecule is CNC(=N)NCCC[C@H](NC(=O)[C@@H](CCCNC(=O)[C@H](CC1CCCCC1)NC(=O)[C@@H](NC(=O)[C@H](CNC(N)=O)NC(=O)[C@@H]1C[C@@H](O)CN1C(=O)[C@@H](Cc1ccc(O)cc1)NC(C)=O)[C@@H](C)O)CC(C)C)C(=O)N[C@@H](Cc1c[nH]c2ccccc12)C(N)=O. The molecular formula is C60H91N15O13. The molecule has 0 spiro atoms. The zero-order valence-electron chi connectivity index (χ0n) is 50.9. The predicted molar refractivity (Wildman–Crippen MR) is 326 cm³/mol. The average molecular weight is 1230 g/mol. The number of β-amino-alcohol motifs (C(OH)–C–C–N with tert-alkyl or cyclic N) is 1. The number of aliphatic hydroxyl groups excluding tert-OH is 2. The Balaban J connectivity index is 1.26. The van der Waals surface area contributed by atoms with Crippen LogP contribution in [0.4, 0.5) is 4.79 Å². The maximum Gasteiger partial charge on any atom is 0.312 e. The van der Waals surface area contributed by atoms with Gasteiger partial charge in [-0.3, -0.25) is 48.6 Å². The molecule has 1 aliphatic heterocycles. The number of likely N-dealkylation sites (tertiary alicyclic amines) is 1. The molecule has 28 heteroatoms. The fourth-order valence-electron chi connectivity index (χ4n) is 11.2. The third-order valence-electron chi connectivity index (χ3n) is 15.8. The van der Waals surface area contributed by atoms with E-state index in [9.17, 15) is 63.3 Å². The lowest BCUT2D eigenvalue weighted by Gasteiger charge is -2.31. The van der Waals surface area contributed by atoms with Crippen LogP contribution < -0.4 is 64.6 Å². The first-order valence-corrected chi connectivity index (χ1v) is 30.2. The summed E-state index contributed by atoms with van der Waals surface area (Å²) in [6.45, 7) is 5.73. The molecule has 1 aromatic heterocycles. The van der Waals surface area contributed by atoms with E-state index >= 15 is 0 Å². The highest BCUT2D eigenvalue weighted by Crippen LogP contribution is 2.28. The second kappa shape index (κ2) is 34.7. The number of amides is 11. The quantitative estimate of drug-likeness (QED) is 0.0200. The lowest BCUT2D eigenvalue weighted by Crippen LogP contribution is -2.62. The molecule has 11 amide bonds. The molecule has 2 heterocycles. The number of nitrogens with one attached hydrogen (secondary N) is 12. The summed E-state index contributed by atoms with van der Waals surface area (Å²) in [6.07, 6.45) is 4.81. The zero-order valence-corrected chi connectivity index (χ0v) is 50.9. The molecule has 1 saturated heterocycles. The third-order valence-corrected chi connectivity index (χ3v) is 15.8. The predicted octanol–water partition coefficient (Wildman–Crippen LogP) is -0.863. The van der Waals surface area contributed by atoms with E-state index in [0.717, 1.165) is 53.5 Å². The Morgan fingerprint density at radius 2 is 1.36 bits per heavy atom. The van der Waals surface area contributed by atoms with Gasteiger partial charge in [-0.25, -0.2) is 4.79 Å². The molecule has 5 rings (SSSR count). The molecule has 484 valence electrons. The number of carbonyl (C=O) groups is 10. The van der Waals surface area contributed by atoms with Crippen LogP contribution in [0.5, 0.6) is 5.75 Å². The fourth-order valence-corrected chi connectivity index (χ4v) is 11.2. The molecule has 0 bridgehead atoms. The number of phenols is 1. The molecule has 2 fully saturated rings. The molecular weight excluding hydrogens is 1140 g/mol. The standard InChI is InChI=1S/C60H91N15O13/c1-33(2)25-38(52(81)70-44(18-12-24-66-59(62)64-5)54(83)71-45(51(61)80)28-39-30-67-43-17-10-9-16-42(39)43)15-11-23-65-53(82)46(26-36-13-7-6-8-14-36)72-57(86)50(34(3)76)74-55(84)48(31-68-60(63)88)73-56(85)49-29-41(79)32-75(49)58(87)47(69-35(4)77)27-37-19-21-40(78)22-20-37/h9-10,16-17,19-22,30,33-34,36,38,41,44-50,67,76,78-79H,6-8,11-15,18,23-29,31-32H2,1-5H3,(H2,61,80)(H,65,82)(H,69,77)(H,70,81)(H,71,83)(H,72,86)(H,73,85)(H,74,84)(H3,62,64,66)(H3,63,68,88)/t34-,38+,41-,44+,45+,46+,47-,48+,49+,50+/m1/s1. The molecule has 28 nitrogen and oxygen atoms in total. The summed E-state index contributed by atoms with van der Waals surface area (Å²) in [6, 6.07) is 2.91. The summed E-state index contributed by atoms with van der Waals surface area (Å²) >= 11 is 0. The van der Waals surface area contributed by atoms with Gasteiger partial charge in [0.25, 0.3) is 0 Å². The van der Waals surface area contributed by atoms with E-state index in [-0.39, 0.29) is 75.2 Å². The average Bonchev–Trinajstić information content (AvgIpc) is 2.28. The number of aliphatic hydroxyl groups is 2. The molecule has 1 saturated carbocycles. The highest BCUT2D eigenvalue weighted by atomic mass is 16.3. The van der Waals surface area contributed by atoms with Crippen molar-refractivity contribution in [1.29, 1.82) is 5.41 Å². The maximum absolute atomic E-state index is 14.2. The van der Waals surface area contributed by atoms with Gasteiger partial charge in [0.1, 0.15) is 48.0 Å². The number of para-hydroxylation sites is 1. The number of carbonyl (C=O) groups excluding carboxylic acids is 10. The Morgan fingerprint density at radius 3 is 2.01 bits per heavy atom. The van der Waals surface area contributed by atoms with Crippen LogP contribution in [0.25, 0.3) is 10.9 Å². The Bertz CT molecular complexity index is 2880. The Labute approximate surface area is 512 Å². The summed E-state index contributed by atoms with van der Waals surface area (Å²) in [5.74, 6) is -7.17. The van der Waals surface area contributed by atoms with E-state index in [2.05, 4.69) is 58.2 Å². The fraction of sp³-hybridized carbons (Fsp3) is 0.583. The summed E-state index contributed by atoms with van der Waals surface area (Å²) in [5.41, 5.74) is 13.3. The van der Waals surface area contributed by atoms with E-state index < -0.39 is 126 Å². The van der Waals surface area contributed by atoms with Crippen LogP contribution in [0.3, 0.4) is 0 Å². The van der Waals surface area contributed by atoms with Gasteiger partial charge in [-0.2, -0.15) is 0 Å². The molecule has 19 N–H and O–H groups in total. The van der Waals surface area contributed by atoms with Crippen LogP contribution in [-0.2, 0) is 56.0 Å². The number of nitrogens with zero attached hydrogens (tertiary/aromatic N) is 1. The number of H-pyrrole nitrogens is 1. The van der Waals surface area contributed by atoms with Crippen LogP contribution in [0.1, 0.15) is 116 Å². The molecule has 10 atom stereocenters. The summed E-state index contributed by atoms with van der Waals surface area (Å²) in [5, 5.41) is 66.8. The Morgan fingerprint density at radius 1 is 0.716 bits per heavy atom. The van der Waals surface area contributed by atoms with Crippen molar-refractivity contribution in [3.05, 3.63) is 65.9 Å². The lowest BCUT2D eigenvalue weighted by atomic mass is 9.84. The van der Waals surface area contributed by atoms with Crippen molar-refractivity contribution in [2.75, 3.05) is 33.2 Å². The van der Waals surface area contributed by atoms with Crippen molar-refractivity contribution in [3.8, 4) is 5.75 Å². The Kier molecular flexibility index (Phi) is 27.7. The number of benzene rings is 2. The normalized spacial score (nSPS) is 17.8. The number of guanidine groups is 1. The number of aromatic hydroxyl groups is 1. The van der Waals surface area contributed by atoms with Crippen LogP contribution in [0.15, 0.2) is 54.7 Å². The van der Waals surface area contributed by atoms with Crippen LogP contribution >= 0.6 is 0 Å². The number of phenolic OH excluding ortho intramolecular Hbond substituents is 1. The van der Waals surface area contributed by atoms with E-state index in [1.807, 2.05) is 38.1 Å². The largest absolute Gasteiger partial charge is 0.508 e. The molecule has 2 aromatic carbocycles. The van der Waals surface area contributed by atoms with Gasteiger partial charge in [-0.1, -0.05) is 76.3 Å². The van der Waals surface area contributed by atoms with E-state index in [4.69, 9.17) is 16.9 Å². The van der Waals surface area contributed by atoms with Crippen LogP contribution in [0.2, 0.25) is 0 Å². The molecule has 0 radical (unpaired) electrons. The molecule has 0 unspecified atom stereocenters. The smallest absolute Gasteiger partial charge is 0.312 e. The first-order chi connectivity index (χ1) is 41.8. The number of aromatic amines is 1. The second-order valence-corrected chi connectivity index (χ2v) is 23.4. The molecule has 88 heavy (non-hydrogen) atoms. The highest BCUT2D eigenvalue weighted by molar-refractivity contribution is 5.98. The van der Waals surface area contributed by atoms with E-state index in [0.29, 0.717) is 31.4 Å².